The average Bonchev–Trinajstić information content (AvgIpc) is 2.64. The lowest BCUT2D eigenvalue weighted by molar-refractivity contribution is -0.000182. The van der Waals surface area contributed by atoms with Gasteiger partial charge in [-0.15, -0.1) is 0 Å². The first kappa shape index (κ1) is 21.5. The van der Waals surface area contributed by atoms with Crippen molar-refractivity contribution in [2.24, 2.45) is 0 Å². The van der Waals surface area contributed by atoms with Crippen molar-refractivity contribution in [1.29, 1.82) is 0 Å². The lowest BCUT2D eigenvalue weighted by atomic mass is 10.1. The number of nitrogens with zero attached hydrogens (tertiary/aromatic N) is 2. The molecule has 1 aromatic carbocycles. The maximum Gasteiger partial charge on any atom is 0.409 e. The molecule has 0 unspecified atom stereocenters. The van der Waals surface area contributed by atoms with Gasteiger partial charge in [0, 0.05) is 32.7 Å². The molecule has 1 N–H and O–H groups in total. The van der Waals surface area contributed by atoms with Crippen LogP contribution in [-0.2, 0) is 9.47 Å². The molecule has 2 rings (SSSR count). The molecule has 0 radical (unpaired) electrons. The first-order valence-corrected chi connectivity index (χ1v) is 9.60. The van der Waals surface area contributed by atoms with E-state index < -0.39 is 6.10 Å². The number of benzene rings is 1. The maximum absolute atomic E-state index is 11.7. The normalized spacial score (nSPS) is 16.2. The molecule has 1 aromatic rings. The van der Waals surface area contributed by atoms with Crippen LogP contribution >= 0.6 is 0 Å². The van der Waals surface area contributed by atoms with E-state index in [0.717, 1.165) is 30.0 Å². The second kappa shape index (κ2) is 11.1. The Bertz CT molecular complexity index is 567. The smallest absolute Gasteiger partial charge is 0.409 e. The number of aliphatic hydroxyl groups is 1. The van der Waals surface area contributed by atoms with Gasteiger partial charge in [-0.25, -0.2) is 4.79 Å². The third-order valence-electron chi connectivity index (χ3n) is 4.56. The van der Waals surface area contributed by atoms with Crippen LogP contribution in [0.2, 0.25) is 0 Å². The van der Waals surface area contributed by atoms with Gasteiger partial charge in [0.2, 0.25) is 0 Å². The van der Waals surface area contributed by atoms with Crippen LogP contribution in [0.25, 0.3) is 0 Å². The third kappa shape index (κ3) is 7.01. The third-order valence-corrected chi connectivity index (χ3v) is 4.56. The number of β-amino-alcohol motifs (C(OH)–C–C–N with tert-alkyl or cyclic N) is 1. The van der Waals surface area contributed by atoms with Crippen LogP contribution in [0.4, 0.5) is 4.79 Å². The predicted molar refractivity (Wildman–Crippen MR) is 103 cm³/mol. The molecule has 1 atom stereocenters. The Kier molecular flexibility index (Phi) is 8.84. The van der Waals surface area contributed by atoms with E-state index in [1.165, 1.54) is 0 Å². The van der Waals surface area contributed by atoms with Crippen LogP contribution in [-0.4, -0.2) is 86.3 Å². The van der Waals surface area contributed by atoms with Gasteiger partial charge in [0.15, 0.2) is 0 Å². The van der Waals surface area contributed by atoms with Crippen molar-refractivity contribution >= 4 is 6.09 Å². The quantitative estimate of drug-likeness (QED) is 0.659. The van der Waals surface area contributed by atoms with Crippen molar-refractivity contribution in [3.8, 4) is 5.75 Å². The van der Waals surface area contributed by atoms with Gasteiger partial charge in [0.1, 0.15) is 12.4 Å². The highest BCUT2D eigenvalue weighted by molar-refractivity contribution is 5.67. The molecule has 0 aliphatic carbocycles. The minimum Gasteiger partial charge on any atom is -0.491 e. The number of hydrogen-bond donors (Lipinski definition) is 1. The number of amides is 1. The number of para-hydroxylation sites is 1. The highest BCUT2D eigenvalue weighted by Crippen LogP contribution is 2.22. The number of hydrogen-bond acceptors (Lipinski definition) is 6. The Labute approximate surface area is 161 Å². The van der Waals surface area contributed by atoms with E-state index >= 15 is 0 Å². The predicted octanol–water partition coefficient (Wildman–Crippen LogP) is 1.83. The standard InChI is InChI=1S/C20H32N2O5/c1-4-26-20(24)22-10-8-21(9-11-22)14-18(23)15-25-12-13-27-19-16(2)6-5-7-17(19)3/h5-7,18,23H,4,8-15H2,1-3H3/t18-/m0/s1. The Balaban J connectivity index is 1.58. The summed E-state index contributed by atoms with van der Waals surface area (Å²) in [5.41, 5.74) is 2.22. The van der Waals surface area contributed by atoms with Crippen molar-refractivity contribution in [3.05, 3.63) is 29.3 Å². The molecule has 1 saturated heterocycles. The Morgan fingerprint density at radius 1 is 1.15 bits per heavy atom. The minimum absolute atomic E-state index is 0.259. The highest BCUT2D eigenvalue weighted by Gasteiger charge is 2.23. The van der Waals surface area contributed by atoms with Crippen molar-refractivity contribution in [1.82, 2.24) is 9.80 Å². The van der Waals surface area contributed by atoms with Crippen LogP contribution in [0, 0.1) is 13.8 Å². The van der Waals surface area contributed by atoms with Crippen LogP contribution in [0.3, 0.4) is 0 Å². The van der Waals surface area contributed by atoms with Gasteiger partial charge in [0.05, 0.1) is 25.9 Å². The summed E-state index contributed by atoms with van der Waals surface area (Å²) in [5, 5.41) is 10.2. The summed E-state index contributed by atoms with van der Waals surface area (Å²) < 4.78 is 16.3. The molecule has 0 aromatic heterocycles. The molecular weight excluding hydrogens is 348 g/mol. The van der Waals surface area contributed by atoms with E-state index in [-0.39, 0.29) is 12.7 Å². The zero-order chi connectivity index (χ0) is 19.6. The number of aliphatic hydroxyl groups excluding tert-OH is 1. The molecule has 27 heavy (non-hydrogen) atoms. The number of carbonyl (C=O) groups excluding carboxylic acids is 1. The lowest BCUT2D eigenvalue weighted by Crippen LogP contribution is -2.51. The van der Waals surface area contributed by atoms with Gasteiger partial charge < -0.3 is 24.2 Å². The monoisotopic (exact) mass is 380 g/mol. The topological polar surface area (TPSA) is 71.5 Å². The fourth-order valence-corrected chi connectivity index (χ4v) is 3.13. The molecule has 0 spiro atoms. The molecule has 0 saturated carbocycles. The Morgan fingerprint density at radius 2 is 1.81 bits per heavy atom. The fourth-order valence-electron chi connectivity index (χ4n) is 3.13. The molecule has 1 aliphatic rings. The average molecular weight is 380 g/mol. The van der Waals surface area contributed by atoms with E-state index in [0.29, 0.717) is 39.5 Å². The molecule has 0 bridgehead atoms. The SMILES string of the molecule is CCOC(=O)N1CCN(C[C@H](O)COCCOc2c(C)cccc2C)CC1. The summed E-state index contributed by atoms with van der Waals surface area (Å²) in [4.78, 5) is 15.5. The van der Waals surface area contributed by atoms with Crippen molar-refractivity contribution < 1.29 is 24.1 Å². The van der Waals surface area contributed by atoms with Gasteiger partial charge >= 0.3 is 6.09 Å². The first-order valence-electron chi connectivity index (χ1n) is 9.60. The molecule has 1 amide bonds. The summed E-state index contributed by atoms with van der Waals surface area (Å²) in [6, 6.07) is 6.06. The Morgan fingerprint density at radius 3 is 2.44 bits per heavy atom. The summed E-state index contributed by atoms with van der Waals surface area (Å²) >= 11 is 0. The molecule has 1 aliphatic heterocycles. The molecular formula is C20H32N2O5. The molecule has 152 valence electrons. The molecule has 7 nitrogen and oxygen atoms in total. The van der Waals surface area contributed by atoms with Gasteiger partial charge in [-0.3, -0.25) is 4.90 Å². The van der Waals surface area contributed by atoms with E-state index in [1.54, 1.807) is 11.8 Å². The zero-order valence-electron chi connectivity index (χ0n) is 16.6. The lowest BCUT2D eigenvalue weighted by Gasteiger charge is -2.34. The minimum atomic E-state index is -0.556. The zero-order valence-corrected chi connectivity index (χ0v) is 16.6. The van der Waals surface area contributed by atoms with Crippen molar-refractivity contribution in [2.75, 3.05) is 59.2 Å². The highest BCUT2D eigenvalue weighted by atomic mass is 16.6. The maximum atomic E-state index is 11.7. The van der Waals surface area contributed by atoms with Crippen LogP contribution in [0.15, 0.2) is 18.2 Å². The first-order chi connectivity index (χ1) is 13.0. The summed E-state index contributed by atoms with van der Waals surface area (Å²) in [6.45, 7) is 10.6. The molecule has 1 fully saturated rings. The number of piperazine rings is 1. The number of aryl methyl sites for hydroxylation is 2. The second-order valence-electron chi connectivity index (χ2n) is 6.78. The number of rotatable bonds is 9. The van der Waals surface area contributed by atoms with Gasteiger partial charge in [-0.2, -0.15) is 0 Å². The summed E-state index contributed by atoms with van der Waals surface area (Å²) in [7, 11) is 0. The van der Waals surface area contributed by atoms with Crippen LogP contribution in [0.1, 0.15) is 18.1 Å². The molecule has 7 heteroatoms. The largest absolute Gasteiger partial charge is 0.491 e. The van der Waals surface area contributed by atoms with Gasteiger partial charge in [-0.05, 0) is 31.9 Å². The van der Waals surface area contributed by atoms with Crippen molar-refractivity contribution in [2.45, 2.75) is 26.9 Å². The van der Waals surface area contributed by atoms with Crippen molar-refractivity contribution in [3.63, 3.8) is 0 Å². The van der Waals surface area contributed by atoms with Crippen LogP contribution < -0.4 is 4.74 Å². The van der Waals surface area contributed by atoms with Gasteiger partial charge in [0.25, 0.3) is 0 Å². The van der Waals surface area contributed by atoms with Gasteiger partial charge in [-0.1, -0.05) is 18.2 Å². The van der Waals surface area contributed by atoms with E-state index in [1.807, 2.05) is 32.0 Å². The summed E-state index contributed by atoms with van der Waals surface area (Å²) in [5.74, 6) is 0.904. The Hall–Kier alpha value is -1.83. The second-order valence-corrected chi connectivity index (χ2v) is 6.78. The van der Waals surface area contributed by atoms with E-state index in [9.17, 15) is 9.90 Å². The van der Waals surface area contributed by atoms with E-state index in [4.69, 9.17) is 14.2 Å². The number of carbonyl (C=O) groups is 1. The fraction of sp³-hybridized carbons (Fsp3) is 0.650. The van der Waals surface area contributed by atoms with E-state index in [2.05, 4.69) is 4.90 Å². The summed E-state index contributed by atoms with van der Waals surface area (Å²) in [6.07, 6.45) is -0.815. The van der Waals surface area contributed by atoms with Crippen LogP contribution in [0.5, 0.6) is 5.75 Å². The number of ether oxygens (including phenoxy) is 3. The molecule has 1 heterocycles.